The number of fused-ring (bicyclic) bond motifs is 1. The number of benzene rings is 1. The Kier molecular flexibility index (Phi) is 3.95. The van der Waals surface area contributed by atoms with Crippen LogP contribution in [-0.2, 0) is 6.42 Å². The van der Waals surface area contributed by atoms with Gasteiger partial charge in [-0.2, -0.15) is 0 Å². The number of hydrogen-bond acceptors (Lipinski definition) is 4. The van der Waals surface area contributed by atoms with Gasteiger partial charge >= 0.3 is 0 Å². The van der Waals surface area contributed by atoms with Crippen molar-refractivity contribution in [1.82, 2.24) is 9.97 Å². The zero-order valence-corrected chi connectivity index (χ0v) is 14.6. The van der Waals surface area contributed by atoms with Gasteiger partial charge in [-0.3, -0.25) is 0 Å². The number of anilines is 1. The van der Waals surface area contributed by atoms with Crippen molar-refractivity contribution in [2.75, 3.05) is 12.4 Å². The van der Waals surface area contributed by atoms with Crippen molar-refractivity contribution in [1.29, 1.82) is 0 Å². The first kappa shape index (κ1) is 14.5. The number of thiophene rings is 1. The van der Waals surface area contributed by atoms with Gasteiger partial charge in [0, 0.05) is 22.8 Å². The molecule has 0 atom stereocenters. The summed E-state index contributed by atoms with van der Waals surface area (Å²) in [5.41, 5.74) is 2.49. The van der Waals surface area contributed by atoms with E-state index in [1.54, 1.807) is 11.3 Å². The predicted molar refractivity (Wildman–Crippen MR) is 93.4 cm³/mol. The summed E-state index contributed by atoms with van der Waals surface area (Å²) in [6.07, 6.45) is 0.744. The highest BCUT2D eigenvalue weighted by Gasteiger charge is 2.13. The van der Waals surface area contributed by atoms with E-state index in [9.17, 15) is 0 Å². The SMILES string of the molecule is CNc1nc(Cc2ccc(Br)cc2)nc2sc(C)c(C)c12. The van der Waals surface area contributed by atoms with E-state index in [0.717, 1.165) is 32.8 Å². The molecular formula is C16H16BrN3S. The van der Waals surface area contributed by atoms with Crippen molar-refractivity contribution in [2.45, 2.75) is 20.3 Å². The van der Waals surface area contributed by atoms with Crippen LogP contribution < -0.4 is 5.32 Å². The zero-order valence-electron chi connectivity index (χ0n) is 12.2. The largest absolute Gasteiger partial charge is 0.372 e. The molecule has 3 nitrogen and oxygen atoms in total. The lowest BCUT2D eigenvalue weighted by molar-refractivity contribution is 0.996. The monoisotopic (exact) mass is 361 g/mol. The molecule has 0 aliphatic heterocycles. The molecule has 2 heterocycles. The van der Waals surface area contributed by atoms with Gasteiger partial charge in [0.25, 0.3) is 0 Å². The second-order valence-electron chi connectivity index (χ2n) is 5.01. The van der Waals surface area contributed by atoms with Crippen LogP contribution in [0.15, 0.2) is 28.7 Å². The number of hydrogen-bond donors (Lipinski definition) is 1. The molecule has 21 heavy (non-hydrogen) atoms. The first-order chi connectivity index (χ1) is 10.1. The standard InChI is InChI=1S/C16H16BrN3S/c1-9-10(2)21-16-14(9)15(18-3)19-13(20-16)8-11-4-6-12(17)7-5-11/h4-7H,8H2,1-3H3,(H,18,19,20). The molecule has 0 spiro atoms. The predicted octanol–water partition coefficient (Wildman–Crippen LogP) is 4.70. The first-order valence-corrected chi connectivity index (χ1v) is 8.38. The van der Waals surface area contributed by atoms with Gasteiger partial charge in [-0.25, -0.2) is 9.97 Å². The van der Waals surface area contributed by atoms with Crippen LogP contribution in [-0.4, -0.2) is 17.0 Å². The van der Waals surface area contributed by atoms with Gasteiger partial charge in [-0.05, 0) is 37.1 Å². The van der Waals surface area contributed by atoms with Gasteiger partial charge < -0.3 is 5.32 Å². The van der Waals surface area contributed by atoms with E-state index >= 15 is 0 Å². The third kappa shape index (κ3) is 2.80. The molecule has 3 rings (SSSR count). The maximum absolute atomic E-state index is 4.74. The summed E-state index contributed by atoms with van der Waals surface area (Å²) < 4.78 is 1.09. The first-order valence-electron chi connectivity index (χ1n) is 6.77. The summed E-state index contributed by atoms with van der Waals surface area (Å²) in [5.74, 6) is 1.78. The van der Waals surface area contributed by atoms with Crippen LogP contribution in [0.3, 0.4) is 0 Å². The maximum Gasteiger partial charge on any atom is 0.138 e. The van der Waals surface area contributed by atoms with Crippen molar-refractivity contribution < 1.29 is 0 Å². The Morgan fingerprint density at radius 2 is 1.86 bits per heavy atom. The van der Waals surface area contributed by atoms with E-state index in [1.807, 2.05) is 19.2 Å². The smallest absolute Gasteiger partial charge is 0.138 e. The van der Waals surface area contributed by atoms with Crippen LogP contribution in [0.4, 0.5) is 5.82 Å². The lowest BCUT2D eigenvalue weighted by Crippen LogP contribution is -2.01. The van der Waals surface area contributed by atoms with E-state index in [2.05, 4.69) is 52.2 Å². The van der Waals surface area contributed by atoms with Crippen LogP contribution in [0.25, 0.3) is 10.2 Å². The maximum atomic E-state index is 4.74. The van der Waals surface area contributed by atoms with Crippen molar-refractivity contribution in [2.24, 2.45) is 0 Å². The van der Waals surface area contributed by atoms with E-state index in [-0.39, 0.29) is 0 Å². The highest BCUT2D eigenvalue weighted by atomic mass is 79.9. The van der Waals surface area contributed by atoms with Gasteiger partial charge in [0.15, 0.2) is 0 Å². The van der Waals surface area contributed by atoms with E-state index < -0.39 is 0 Å². The summed E-state index contributed by atoms with van der Waals surface area (Å²) in [7, 11) is 1.91. The summed E-state index contributed by atoms with van der Waals surface area (Å²) in [4.78, 5) is 11.8. The molecule has 0 bridgehead atoms. The topological polar surface area (TPSA) is 37.8 Å². The number of aromatic nitrogens is 2. The highest BCUT2D eigenvalue weighted by molar-refractivity contribution is 9.10. The third-order valence-electron chi connectivity index (χ3n) is 3.59. The zero-order chi connectivity index (χ0) is 15.0. The van der Waals surface area contributed by atoms with E-state index in [4.69, 9.17) is 4.98 Å². The molecule has 3 aromatic rings. The molecule has 0 saturated heterocycles. The molecule has 5 heteroatoms. The van der Waals surface area contributed by atoms with Crippen LogP contribution >= 0.6 is 27.3 Å². The molecule has 1 N–H and O–H groups in total. The fourth-order valence-electron chi connectivity index (χ4n) is 2.34. The Balaban J connectivity index is 2.05. The molecule has 2 aromatic heterocycles. The van der Waals surface area contributed by atoms with Gasteiger partial charge in [-0.15, -0.1) is 11.3 Å². The Labute approximate surface area is 136 Å². The van der Waals surface area contributed by atoms with Crippen LogP contribution in [0, 0.1) is 13.8 Å². The minimum Gasteiger partial charge on any atom is -0.372 e. The van der Waals surface area contributed by atoms with Gasteiger partial charge in [0.1, 0.15) is 16.5 Å². The fourth-order valence-corrected chi connectivity index (χ4v) is 3.65. The Morgan fingerprint density at radius 3 is 2.52 bits per heavy atom. The summed E-state index contributed by atoms with van der Waals surface area (Å²) in [6.45, 7) is 4.27. The van der Waals surface area contributed by atoms with Crippen molar-refractivity contribution in [3.8, 4) is 0 Å². The number of halogens is 1. The normalized spacial score (nSPS) is 11.0. The fraction of sp³-hybridized carbons (Fsp3) is 0.250. The highest BCUT2D eigenvalue weighted by Crippen LogP contribution is 2.33. The molecule has 0 radical (unpaired) electrons. The van der Waals surface area contributed by atoms with E-state index in [0.29, 0.717) is 0 Å². The minimum atomic E-state index is 0.744. The molecule has 108 valence electrons. The second-order valence-corrected chi connectivity index (χ2v) is 7.12. The third-order valence-corrected chi connectivity index (χ3v) is 5.22. The molecule has 0 fully saturated rings. The van der Waals surface area contributed by atoms with Crippen LogP contribution in [0.5, 0.6) is 0 Å². The number of rotatable bonds is 3. The van der Waals surface area contributed by atoms with Gasteiger partial charge in [0.2, 0.25) is 0 Å². The number of nitrogens with one attached hydrogen (secondary N) is 1. The average Bonchev–Trinajstić information content (AvgIpc) is 2.76. The lowest BCUT2D eigenvalue weighted by Gasteiger charge is -2.06. The Bertz CT molecular complexity index is 793. The molecule has 1 aromatic carbocycles. The molecule has 0 unspecified atom stereocenters. The van der Waals surface area contributed by atoms with Crippen molar-refractivity contribution in [3.05, 3.63) is 50.6 Å². The van der Waals surface area contributed by atoms with Crippen molar-refractivity contribution in [3.63, 3.8) is 0 Å². The Hall–Kier alpha value is -1.46. The van der Waals surface area contributed by atoms with Crippen LogP contribution in [0.1, 0.15) is 21.8 Å². The molecule has 0 aliphatic carbocycles. The van der Waals surface area contributed by atoms with Gasteiger partial charge in [-0.1, -0.05) is 28.1 Å². The molecule has 0 aliphatic rings. The van der Waals surface area contributed by atoms with Gasteiger partial charge in [0.05, 0.1) is 5.39 Å². The summed E-state index contributed by atoms with van der Waals surface area (Å²) >= 11 is 5.19. The molecule has 0 saturated carbocycles. The van der Waals surface area contributed by atoms with Crippen LogP contribution in [0.2, 0.25) is 0 Å². The summed E-state index contributed by atoms with van der Waals surface area (Å²) in [6, 6.07) is 8.29. The van der Waals surface area contributed by atoms with Crippen molar-refractivity contribution >= 4 is 43.3 Å². The lowest BCUT2D eigenvalue weighted by atomic mass is 10.1. The average molecular weight is 362 g/mol. The van der Waals surface area contributed by atoms with E-state index in [1.165, 1.54) is 16.0 Å². The number of aryl methyl sites for hydroxylation is 2. The minimum absolute atomic E-state index is 0.744. The summed E-state index contributed by atoms with van der Waals surface area (Å²) in [5, 5.41) is 4.36. The molecule has 0 amide bonds. The second kappa shape index (κ2) is 5.73. The number of nitrogens with zero attached hydrogens (tertiary/aromatic N) is 2. The quantitative estimate of drug-likeness (QED) is 0.734. The Morgan fingerprint density at radius 1 is 1.14 bits per heavy atom. The molecular weight excluding hydrogens is 346 g/mol.